The number of para-hydroxylation sites is 1. The van der Waals surface area contributed by atoms with Crippen molar-refractivity contribution in [3.63, 3.8) is 0 Å². The van der Waals surface area contributed by atoms with E-state index < -0.39 is 0 Å². The molecule has 1 aliphatic heterocycles. The van der Waals surface area contributed by atoms with Crippen LogP contribution in [0.15, 0.2) is 53.4 Å². The molecule has 0 aliphatic carbocycles. The molecule has 2 aromatic carbocycles. The molecule has 1 heterocycles. The highest BCUT2D eigenvalue weighted by atomic mass is 32.2. The molecule has 0 unspecified atom stereocenters. The van der Waals surface area contributed by atoms with Crippen LogP contribution >= 0.6 is 24.0 Å². The standard InChI is InChI=1S/C17H13NO3S2/c1-21-13-8-6-12(7-9-13)18-16(20)15(23-17(18)22)10-11-4-2-3-5-14(11)19/h2-10,19H,1H3. The minimum Gasteiger partial charge on any atom is -0.507 e. The zero-order chi connectivity index (χ0) is 16.4. The number of aromatic hydroxyl groups is 1. The number of phenolic OH excluding ortho intramolecular Hbond substituents is 1. The van der Waals surface area contributed by atoms with E-state index in [0.29, 0.717) is 26.2 Å². The second kappa shape index (κ2) is 6.44. The molecular weight excluding hydrogens is 330 g/mol. The third kappa shape index (κ3) is 3.09. The van der Waals surface area contributed by atoms with E-state index in [1.165, 1.54) is 16.7 Å². The molecule has 0 aromatic heterocycles. The maximum Gasteiger partial charge on any atom is 0.270 e. The quantitative estimate of drug-likeness (QED) is 0.678. The fraction of sp³-hybridized carbons (Fsp3) is 0.0588. The molecule has 6 heteroatoms. The number of hydrogen-bond donors (Lipinski definition) is 1. The van der Waals surface area contributed by atoms with Crippen molar-refractivity contribution >= 4 is 46.0 Å². The first kappa shape index (κ1) is 15.6. The molecular formula is C17H13NO3S2. The van der Waals surface area contributed by atoms with Crippen LogP contribution in [0.4, 0.5) is 5.69 Å². The smallest absolute Gasteiger partial charge is 0.270 e. The Kier molecular flexibility index (Phi) is 4.36. The normalized spacial score (nSPS) is 16.2. The van der Waals surface area contributed by atoms with Gasteiger partial charge in [-0.1, -0.05) is 42.2 Å². The summed E-state index contributed by atoms with van der Waals surface area (Å²) in [5.74, 6) is 0.638. The van der Waals surface area contributed by atoms with E-state index in [-0.39, 0.29) is 11.7 Å². The van der Waals surface area contributed by atoms with Crippen molar-refractivity contribution in [2.75, 3.05) is 12.0 Å². The number of nitrogens with zero attached hydrogens (tertiary/aromatic N) is 1. The van der Waals surface area contributed by atoms with Crippen molar-refractivity contribution in [1.29, 1.82) is 0 Å². The number of thioether (sulfide) groups is 1. The van der Waals surface area contributed by atoms with E-state index in [4.69, 9.17) is 17.0 Å². The molecule has 1 aliphatic rings. The molecule has 23 heavy (non-hydrogen) atoms. The van der Waals surface area contributed by atoms with E-state index in [1.807, 2.05) is 0 Å². The first-order valence-corrected chi connectivity index (χ1v) is 8.02. The molecule has 3 rings (SSSR count). The molecule has 2 aromatic rings. The summed E-state index contributed by atoms with van der Waals surface area (Å²) in [4.78, 5) is 14.6. The lowest BCUT2D eigenvalue weighted by molar-refractivity contribution is -0.113. The summed E-state index contributed by atoms with van der Waals surface area (Å²) in [6.45, 7) is 0. The third-order valence-corrected chi connectivity index (χ3v) is 4.65. The highest BCUT2D eigenvalue weighted by Crippen LogP contribution is 2.37. The van der Waals surface area contributed by atoms with Gasteiger partial charge in [0, 0.05) is 5.56 Å². The van der Waals surface area contributed by atoms with Crippen LogP contribution in [0.3, 0.4) is 0 Å². The van der Waals surface area contributed by atoms with E-state index in [1.54, 1.807) is 61.7 Å². The zero-order valence-electron chi connectivity index (χ0n) is 12.2. The molecule has 0 saturated carbocycles. The fourth-order valence-electron chi connectivity index (χ4n) is 2.17. The summed E-state index contributed by atoms with van der Waals surface area (Å²) in [6.07, 6.45) is 1.65. The first-order chi connectivity index (χ1) is 11.1. The topological polar surface area (TPSA) is 49.8 Å². The van der Waals surface area contributed by atoms with Crippen molar-refractivity contribution in [3.8, 4) is 11.5 Å². The van der Waals surface area contributed by atoms with Crippen LogP contribution in [0.2, 0.25) is 0 Å². The molecule has 1 N–H and O–H groups in total. The lowest BCUT2D eigenvalue weighted by atomic mass is 10.2. The van der Waals surface area contributed by atoms with Gasteiger partial charge in [-0.25, -0.2) is 0 Å². The second-order valence-electron chi connectivity index (χ2n) is 4.77. The van der Waals surface area contributed by atoms with E-state index in [2.05, 4.69) is 0 Å². The van der Waals surface area contributed by atoms with Gasteiger partial charge in [0.1, 0.15) is 11.5 Å². The molecule has 0 atom stereocenters. The predicted octanol–water partition coefficient (Wildman–Crippen LogP) is 3.81. The number of carbonyl (C=O) groups excluding carboxylic acids is 1. The monoisotopic (exact) mass is 343 g/mol. The largest absolute Gasteiger partial charge is 0.507 e. The van der Waals surface area contributed by atoms with E-state index in [9.17, 15) is 9.90 Å². The fourth-order valence-corrected chi connectivity index (χ4v) is 3.46. The van der Waals surface area contributed by atoms with Gasteiger partial charge in [0.25, 0.3) is 5.91 Å². The average molecular weight is 343 g/mol. The Hall–Kier alpha value is -2.31. The van der Waals surface area contributed by atoms with Crippen molar-refractivity contribution in [3.05, 3.63) is 59.0 Å². The van der Waals surface area contributed by atoms with Gasteiger partial charge in [0.2, 0.25) is 0 Å². The lowest BCUT2D eigenvalue weighted by Gasteiger charge is -2.14. The molecule has 0 bridgehead atoms. The van der Waals surface area contributed by atoms with Gasteiger partial charge in [-0.15, -0.1) is 0 Å². The summed E-state index contributed by atoms with van der Waals surface area (Å²) in [5.41, 5.74) is 1.27. The maximum absolute atomic E-state index is 12.6. The Labute approximate surface area is 143 Å². The van der Waals surface area contributed by atoms with Crippen LogP contribution in [-0.2, 0) is 4.79 Å². The van der Waals surface area contributed by atoms with Crippen LogP contribution < -0.4 is 9.64 Å². The average Bonchev–Trinajstić information content (AvgIpc) is 2.84. The van der Waals surface area contributed by atoms with Gasteiger partial charge in [-0.2, -0.15) is 0 Å². The van der Waals surface area contributed by atoms with Crippen LogP contribution in [0, 0.1) is 0 Å². The van der Waals surface area contributed by atoms with Crippen LogP contribution in [0.1, 0.15) is 5.56 Å². The van der Waals surface area contributed by atoms with Gasteiger partial charge < -0.3 is 9.84 Å². The number of thiocarbonyl (C=S) groups is 1. The van der Waals surface area contributed by atoms with Crippen LogP contribution in [-0.4, -0.2) is 22.4 Å². The molecule has 0 spiro atoms. The van der Waals surface area contributed by atoms with Gasteiger partial charge in [-0.05, 0) is 36.4 Å². The highest BCUT2D eigenvalue weighted by Gasteiger charge is 2.33. The number of hydrogen-bond acceptors (Lipinski definition) is 5. The van der Waals surface area contributed by atoms with Gasteiger partial charge in [0.15, 0.2) is 4.32 Å². The number of phenols is 1. The highest BCUT2D eigenvalue weighted by molar-refractivity contribution is 8.27. The molecule has 0 radical (unpaired) electrons. The number of ether oxygens (including phenoxy) is 1. The van der Waals surface area contributed by atoms with Crippen molar-refractivity contribution in [1.82, 2.24) is 0 Å². The maximum atomic E-state index is 12.6. The Morgan fingerprint density at radius 1 is 1.17 bits per heavy atom. The lowest BCUT2D eigenvalue weighted by Crippen LogP contribution is -2.27. The predicted molar refractivity (Wildman–Crippen MR) is 96.8 cm³/mol. The van der Waals surface area contributed by atoms with Crippen LogP contribution in [0.25, 0.3) is 6.08 Å². The molecule has 4 nitrogen and oxygen atoms in total. The summed E-state index contributed by atoms with van der Waals surface area (Å²) in [5, 5.41) is 9.84. The number of amides is 1. The SMILES string of the molecule is COc1ccc(N2C(=O)C(=Cc3ccccc3O)SC2=S)cc1. The van der Waals surface area contributed by atoms with Crippen LogP contribution in [0.5, 0.6) is 11.5 Å². The molecule has 116 valence electrons. The van der Waals surface area contributed by atoms with E-state index >= 15 is 0 Å². The van der Waals surface area contributed by atoms with Crippen molar-refractivity contribution in [2.24, 2.45) is 0 Å². The Bertz CT molecular complexity index is 800. The van der Waals surface area contributed by atoms with Gasteiger partial charge in [0.05, 0.1) is 17.7 Å². The van der Waals surface area contributed by atoms with Crippen molar-refractivity contribution in [2.45, 2.75) is 0 Å². The minimum absolute atomic E-state index is 0.127. The third-order valence-electron chi connectivity index (χ3n) is 3.35. The summed E-state index contributed by atoms with van der Waals surface area (Å²) in [6, 6.07) is 14.0. The van der Waals surface area contributed by atoms with E-state index in [0.717, 1.165) is 0 Å². The van der Waals surface area contributed by atoms with Crippen molar-refractivity contribution < 1.29 is 14.6 Å². The van der Waals surface area contributed by atoms with Gasteiger partial charge >= 0.3 is 0 Å². The zero-order valence-corrected chi connectivity index (χ0v) is 13.9. The summed E-state index contributed by atoms with van der Waals surface area (Å²) in [7, 11) is 1.59. The Balaban J connectivity index is 1.92. The molecule has 1 saturated heterocycles. The number of benzene rings is 2. The first-order valence-electron chi connectivity index (χ1n) is 6.80. The van der Waals surface area contributed by atoms with Gasteiger partial charge in [-0.3, -0.25) is 9.69 Å². The second-order valence-corrected chi connectivity index (χ2v) is 6.45. The number of methoxy groups -OCH3 is 1. The minimum atomic E-state index is -0.201. The molecule has 1 fully saturated rings. The Morgan fingerprint density at radius 2 is 1.87 bits per heavy atom. The number of carbonyl (C=O) groups is 1. The number of anilines is 1. The summed E-state index contributed by atoms with van der Waals surface area (Å²) >= 11 is 6.54. The summed E-state index contributed by atoms with van der Waals surface area (Å²) < 4.78 is 5.58. The molecule has 1 amide bonds. The number of rotatable bonds is 3. The Morgan fingerprint density at radius 3 is 2.52 bits per heavy atom.